The second-order valence-electron chi connectivity index (χ2n) is 4.99. The van der Waals surface area contributed by atoms with Crippen LogP contribution in [0.5, 0.6) is 5.75 Å². The van der Waals surface area contributed by atoms with Crippen LogP contribution in [-0.2, 0) is 0 Å². The first kappa shape index (κ1) is 13.8. The summed E-state index contributed by atoms with van der Waals surface area (Å²) in [5, 5.41) is 4.30. The average Bonchev–Trinajstić information content (AvgIpc) is 2.39. The largest absolute Gasteiger partial charge is 0.496 e. The summed E-state index contributed by atoms with van der Waals surface area (Å²) in [6.07, 6.45) is 1.17. The number of nitrogens with one attached hydrogen (secondary N) is 1. The van der Waals surface area contributed by atoms with E-state index < -0.39 is 0 Å². The van der Waals surface area contributed by atoms with Crippen LogP contribution < -0.4 is 10.1 Å². The van der Waals surface area contributed by atoms with Crippen LogP contribution in [0.4, 0.5) is 0 Å². The lowest BCUT2D eigenvalue weighted by Crippen LogP contribution is -2.35. The zero-order valence-electron chi connectivity index (χ0n) is 11.7. The summed E-state index contributed by atoms with van der Waals surface area (Å²) in [7, 11) is 1.76. The average molecular weight is 265 g/mol. The first-order valence-corrected chi connectivity index (χ1v) is 7.64. The monoisotopic (exact) mass is 265 g/mol. The number of thioether (sulfide) groups is 1. The molecule has 0 aliphatic carbocycles. The quantitative estimate of drug-likeness (QED) is 0.893. The highest BCUT2D eigenvalue weighted by atomic mass is 32.2. The van der Waals surface area contributed by atoms with E-state index in [0.29, 0.717) is 17.2 Å². The van der Waals surface area contributed by atoms with Crippen molar-refractivity contribution < 1.29 is 4.74 Å². The SMILES string of the molecule is CCCNC1c2cccc(OC)c2SC(C)C1C. The van der Waals surface area contributed by atoms with Gasteiger partial charge in [-0.25, -0.2) is 0 Å². The van der Waals surface area contributed by atoms with E-state index in [1.807, 2.05) is 11.8 Å². The number of benzene rings is 1. The third-order valence-corrected chi connectivity index (χ3v) is 5.22. The van der Waals surface area contributed by atoms with Crippen molar-refractivity contribution in [2.24, 2.45) is 5.92 Å². The van der Waals surface area contributed by atoms with Crippen LogP contribution in [0.1, 0.15) is 38.8 Å². The molecule has 1 aliphatic rings. The zero-order chi connectivity index (χ0) is 13.1. The lowest BCUT2D eigenvalue weighted by molar-refractivity contribution is 0.360. The standard InChI is InChI=1S/C15H23NOS/c1-5-9-16-14-10(2)11(3)18-15-12(14)7-6-8-13(15)17-4/h6-8,10-11,14,16H,5,9H2,1-4H3. The maximum absolute atomic E-state index is 5.50. The molecule has 0 saturated carbocycles. The molecule has 0 saturated heterocycles. The molecule has 0 amide bonds. The molecule has 0 bridgehead atoms. The van der Waals surface area contributed by atoms with Crippen LogP contribution in [0.15, 0.2) is 23.1 Å². The maximum atomic E-state index is 5.50. The molecule has 0 radical (unpaired) electrons. The highest BCUT2D eigenvalue weighted by Crippen LogP contribution is 2.47. The van der Waals surface area contributed by atoms with Gasteiger partial charge >= 0.3 is 0 Å². The van der Waals surface area contributed by atoms with Gasteiger partial charge in [0.1, 0.15) is 5.75 Å². The minimum Gasteiger partial charge on any atom is -0.496 e. The Kier molecular flexibility index (Phi) is 4.57. The molecule has 2 rings (SSSR count). The summed E-state index contributed by atoms with van der Waals surface area (Å²) >= 11 is 1.94. The van der Waals surface area contributed by atoms with E-state index in [0.717, 1.165) is 12.3 Å². The molecular weight excluding hydrogens is 242 g/mol. The van der Waals surface area contributed by atoms with Crippen molar-refractivity contribution in [1.82, 2.24) is 5.32 Å². The van der Waals surface area contributed by atoms with Crippen LogP contribution >= 0.6 is 11.8 Å². The number of hydrogen-bond donors (Lipinski definition) is 1. The number of methoxy groups -OCH3 is 1. The minimum absolute atomic E-state index is 0.450. The lowest BCUT2D eigenvalue weighted by atomic mass is 9.91. The second-order valence-corrected chi connectivity index (χ2v) is 6.38. The fourth-order valence-corrected chi connectivity index (χ4v) is 3.85. The molecule has 1 aliphatic heterocycles. The van der Waals surface area contributed by atoms with Gasteiger partial charge in [-0.15, -0.1) is 11.8 Å². The maximum Gasteiger partial charge on any atom is 0.132 e. The smallest absolute Gasteiger partial charge is 0.132 e. The highest BCUT2D eigenvalue weighted by molar-refractivity contribution is 8.00. The third-order valence-electron chi connectivity index (χ3n) is 3.75. The fourth-order valence-electron chi connectivity index (χ4n) is 2.51. The summed E-state index contributed by atoms with van der Waals surface area (Å²) in [5.41, 5.74) is 1.40. The Labute approximate surface area is 114 Å². The molecule has 18 heavy (non-hydrogen) atoms. The minimum atomic E-state index is 0.450. The molecule has 1 heterocycles. The van der Waals surface area contributed by atoms with Gasteiger partial charge < -0.3 is 10.1 Å². The molecule has 3 atom stereocenters. The van der Waals surface area contributed by atoms with Crippen molar-refractivity contribution >= 4 is 11.8 Å². The Morgan fingerprint density at radius 3 is 2.78 bits per heavy atom. The van der Waals surface area contributed by atoms with Crippen molar-refractivity contribution in [3.8, 4) is 5.75 Å². The van der Waals surface area contributed by atoms with Gasteiger partial charge in [-0.05, 0) is 30.5 Å². The van der Waals surface area contributed by atoms with Crippen molar-refractivity contribution in [2.75, 3.05) is 13.7 Å². The van der Waals surface area contributed by atoms with E-state index in [9.17, 15) is 0 Å². The summed E-state index contributed by atoms with van der Waals surface area (Å²) in [5.74, 6) is 1.65. The molecule has 3 unspecified atom stereocenters. The van der Waals surface area contributed by atoms with E-state index >= 15 is 0 Å². The molecule has 0 fully saturated rings. The Morgan fingerprint density at radius 1 is 1.33 bits per heavy atom. The van der Waals surface area contributed by atoms with Gasteiger partial charge in [-0.2, -0.15) is 0 Å². The van der Waals surface area contributed by atoms with Gasteiger partial charge in [0, 0.05) is 11.3 Å². The van der Waals surface area contributed by atoms with Crippen LogP contribution in [0.3, 0.4) is 0 Å². The van der Waals surface area contributed by atoms with Crippen LogP contribution in [0, 0.1) is 5.92 Å². The van der Waals surface area contributed by atoms with E-state index in [-0.39, 0.29) is 0 Å². The Balaban J connectivity index is 2.37. The molecule has 2 nitrogen and oxygen atoms in total. The van der Waals surface area contributed by atoms with E-state index in [1.165, 1.54) is 16.9 Å². The van der Waals surface area contributed by atoms with Gasteiger partial charge in [0.2, 0.25) is 0 Å². The van der Waals surface area contributed by atoms with E-state index in [4.69, 9.17) is 4.74 Å². The molecular formula is C15H23NOS. The van der Waals surface area contributed by atoms with Crippen LogP contribution in [0.2, 0.25) is 0 Å². The van der Waals surface area contributed by atoms with Gasteiger partial charge in [-0.1, -0.05) is 32.9 Å². The molecule has 1 N–H and O–H groups in total. The number of hydrogen-bond acceptors (Lipinski definition) is 3. The second kappa shape index (κ2) is 5.98. The summed E-state index contributed by atoms with van der Waals surface area (Å²) in [4.78, 5) is 1.32. The molecule has 3 heteroatoms. The topological polar surface area (TPSA) is 21.3 Å². The first-order valence-electron chi connectivity index (χ1n) is 6.76. The summed E-state index contributed by atoms with van der Waals surface area (Å²) in [6.45, 7) is 7.94. The van der Waals surface area contributed by atoms with Crippen molar-refractivity contribution in [1.29, 1.82) is 0 Å². The fraction of sp³-hybridized carbons (Fsp3) is 0.600. The summed E-state index contributed by atoms with van der Waals surface area (Å²) in [6, 6.07) is 6.85. The van der Waals surface area contributed by atoms with Crippen LogP contribution in [0.25, 0.3) is 0 Å². The first-order chi connectivity index (χ1) is 8.69. The van der Waals surface area contributed by atoms with Crippen molar-refractivity contribution in [3.05, 3.63) is 23.8 Å². The molecule has 100 valence electrons. The van der Waals surface area contributed by atoms with Gasteiger partial charge in [0.05, 0.1) is 12.0 Å². The number of rotatable bonds is 4. The number of fused-ring (bicyclic) bond motifs is 1. The Morgan fingerprint density at radius 2 is 2.11 bits per heavy atom. The molecule has 0 aromatic heterocycles. The third kappa shape index (κ3) is 2.52. The molecule has 0 spiro atoms. The van der Waals surface area contributed by atoms with E-state index in [1.54, 1.807) is 7.11 Å². The van der Waals surface area contributed by atoms with Gasteiger partial charge in [0.15, 0.2) is 0 Å². The zero-order valence-corrected chi connectivity index (χ0v) is 12.5. The van der Waals surface area contributed by atoms with Gasteiger partial charge in [-0.3, -0.25) is 0 Å². The van der Waals surface area contributed by atoms with E-state index in [2.05, 4.69) is 44.3 Å². The number of ether oxygens (including phenoxy) is 1. The van der Waals surface area contributed by atoms with Gasteiger partial charge in [0.25, 0.3) is 0 Å². The summed E-state index contributed by atoms with van der Waals surface area (Å²) < 4.78 is 5.50. The van der Waals surface area contributed by atoms with Crippen molar-refractivity contribution in [3.63, 3.8) is 0 Å². The predicted octanol–water partition coefficient (Wildman–Crippen LogP) is 3.87. The lowest BCUT2D eigenvalue weighted by Gasteiger charge is -2.36. The van der Waals surface area contributed by atoms with Crippen molar-refractivity contribution in [2.45, 2.75) is 43.4 Å². The molecule has 1 aromatic carbocycles. The highest BCUT2D eigenvalue weighted by Gasteiger charge is 2.33. The Hall–Kier alpha value is -0.670. The normalized spacial score (nSPS) is 26.8. The predicted molar refractivity (Wildman–Crippen MR) is 78.5 cm³/mol. The molecule has 1 aromatic rings. The van der Waals surface area contributed by atoms with Crippen LogP contribution in [-0.4, -0.2) is 18.9 Å². The Bertz CT molecular complexity index is 407.